The summed E-state index contributed by atoms with van der Waals surface area (Å²) in [4.78, 5) is 7.83. The summed E-state index contributed by atoms with van der Waals surface area (Å²) < 4.78 is 10.5. The Morgan fingerprint density at radius 2 is 1.50 bits per heavy atom. The van der Waals surface area contributed by atoms with Gasteiger partial charge in [0.15, 0.2) is 5.82 Å². The molecule has 0 saturated carbocycles. The number of benzene rings is 2. The van der Waals surface area contributed by atoms with Crippen LogP contribution in [0, 0.1) is 0 Å². The molecule has 1 aromatic heterocycles. The molecule has 0 unspecified atom stereocenters. The number of hydrogen-bond donors (Lipinski definition) is 2. The predicted octanol–water partition coefficient (Wildman–Crippen LogP) is 3.14. The highest BCUT2D eigenvalue weighted by Crippen LogP contribution is 2.34. The van der Waals surface area contributed by atoms with Gasteiger partial charge in [-0.1, -0.05) is 30.3 Å². The number of hydrogen-bond acceptors (Lipinski definition) is 6. The van der Waals surface area contributed by atoms with Crippen molar-refractivity contribution in [2.24, 2.45) is 0 Å². The molecule has 0 bridgehead atoms. The van der Waals surface area contributed by atoms with Gasteiger partial charge in [0.1, 0.15) is 12.4 Å². The van der Waals surface area contributed by atoms with E-state index in [-0.39, 0.29) is 11.6 Å². The molecule has 3 aromatic rings. The number of aromatic nitrogens is 2. The smallest absolute Gasteiger partial charge is 0.262 e. The van der Waals surface area contributed by atoms with Gasteiger partial charge >= 0.3 is 0 Å². The van der Waals surface area contributed by atoms with E-state index in [1.54, 1.807) is 24.3 Å². The molecule has 0 amide bonds. The molecule has 0 saturated heterocycles. The third kappa shape index (κ3) is 3.38. The van der Waals surface area contributed by atoms with Gasteiger partial charge in [-0.15, -0.1) is 0 Å². The van der Waals surface area contributed by atoms with E-state index in [1.807, 2.05) is 30.3 Å². The molecule has 0 spiro atoms. The minimum atomic E-state index is -0.413. The fourth-order valence-electron chi connectivity index (χ4n) is 2.18. The highest BCUT2D eigenvalue weighted by molar-refractivity contribution is 5.59. The third-order valence-electron chi connectivity index (χ3n) is 3.39. The summed E-state index contributed by atoms with van der Waals surface area (Å²) in [6.07, 6.45) is 0. The Bertz CT molecular complexity index is 797. The number of methoxy groups -OCH3 is 1. The molecular formula is C18H16N2O4. The van der Waals surface area contributed by atoms with Crippen LogP contribution in [0.15, 0.2) is 54.6 Å². The van der Waals surface area contributed by atoms with Crippen LogP contribution in [0.3, 0.4) is 0 Å². The fraction of sp³-hybridized carbons (Fsp3) is 0.111. The summed E-state index contributed by atoms with van der Waals surface area (Å²) in [6.45, 7) is 0.473. The molecule has 24 heavy (non-hydrogen) atoms. The monoisotopic (exact) mass is 324 g/mol. The Labute approximate surface area is 139 Å². The second-order valence-electron chi connectivity index (χ2n) is 5.03. The fourth-order valence-corrected chi connectivity index (χ4v) is 2.18. The first kappa shape index (κ1) is 15.6. The van der Waals surface area contributed by atoms with Crippen molar-refractivity contribution in [1.29, 1.82) is 0 Å². The molecule has 1 heterocycles. The van der Waals surface area contributed by atoms with Crippen LogP contribution in [0.4, 0.5) is 0 Å². The van der Waals surface area contributed by atoms with Gasteiger partial charge in [-0.2, -0.15) is 9.97 Å². The zero-order valence-corrected chi connectivity index (χ0v) is 13.0. The zero-order valence-electron chi connectivity index (χ0n) is 13.0. The molecule has 0 atom stereocenters. The van der Waals surface area contributed by atoms with Crippen molar-refractivity contribution in [2.75, 3.05) is 7.11 Å². The van der Waals surface area contributed by atoms with E-state index >= 15 is 0 Å². The first-order chi connectivity index (χ1) is 11.7. The minimum Gasteiger partial charge on any atom is -0.490 e. The van der Waals surface area contributed by atoms with E-state index < -0.39 is 11.8 Å². The lowest BCUT2D eigenvalue weighted by atomic mass is 10.2. The summed E-state index contributed by atoms with van der Waals surface area (Å²) >= 11 is 0. The number of rotatable bonds is 5. The van der Waals surface area contributed by atoms with Gasteiger partial charge < -0.3 is 19.7 Å². The molecular weight excluding hydrogens is 308 g/mol. The maximum atomic E-state index is 9.74. The molecule has 3 rings (SSSR count). The average molecular weight is 324 g/mol. The summed E-state index contributed by atoms with van der Waals surface area (Å²) in [6, 6.07) is 16.9. The zero-order chi connectivity index (χ0) is 16.9. The van der Waals surface area contributed by atoms with Gasteiger partial charge in [-0.3, -0.25) is 0 Å². The SMILES string of the molecule is COc1c(O)nc(-c2ccc(OCc3ccccc3)cc2)nc1O. The molecule has 0 aliphatic rings. The lowest BCUT2D eigenvalue weighted by Crippen LogP contribution is -1.96. The second-order valence-corrected chi connectivity index (χ2v) is 5.03. The molecule has 0 aliphatic carbocycles. The average Bonchev–Trinajstić information content (AvgIpc) is 2.61. The van der Waals surface area contributed by atoms with Crippen LogP contribution < -0.4 is 9.47 Å². The largest absolute Gasteiger partial charge is 0.490 e. The minimum absolute atomic E-state index is 0.151. The quantitative estimate of drug-likeness (QED) is 0.750. The Balaban J connectivity index is 1.75. The number of ether oxygens (including phenoxy) is 2. The van der Waals surface area contributed by atoms with E-state index in [1.165, 1.54) is 7.11 Å². The Morgan fingerprint density at radius 3 is 2.08 bits per heavy atom. The molecule has 0 aliphatic heterocycles. The molecule has 6 heteroatoms. The van der Waals surface area contributed by atoms with E-state index in [2.05, 4.69) is 9.97 Å². The maximum Gasteiger partial charge on any atom is 0.262 e. The van der Waals surface area contributed by atoms with Crippen molar-refractivity contribution >= 4 is 0 Å². The standard InChI is InChI=1S/C18H16N2O4/c1-23-15-17(21)19-16(20-18(15)22)13-7-9-14(10-8-13)24-11-12-5-3-2-4-6-12/h2-10H,11H2,1H3,(H2,19,20,21,22). The summed E-state index contributed by atoms with van der Waals surface area (Å²) in [5.74, 6) is -0.0830. The lowest BCUT2D eigenvalue weighted by molar-refractivity contribution is 0.306. The lowest BCUT2D eigenvalue weighted by Gasteiger charge is -2.08. The Kier molecular flexibility index (Phi) is 4.47. The van der Waals surface area contributed by atoms with Crippen molar-refractivity contribution in [3.63, 3.8) is 0 Å². The number of nitrogens with zero attached hydrogens (tertiary/aromatic N) is 2. The van der Waals surface area contributed by atoms with Crippen LogP contribution in [0.1, 0.15) is 5.56 Å². The molecule has 0 radical (unpaired) electrons. The van der Waals surface area contributed by atoms with E-state index in [0.29, 0.717) is 17.9 Å². The highest BCUT2D eigenvalue weighted by Gasteiger charge is 2.14. The first-order valence-electron chi connectivity index (χ1n) is 7.28. The predicted molar refractivity (Wildman–Crippen MR) is 88.1 cm³/mol. The van der Waals surface area contributed by atoms with Crippen molar-refractivity contribution in [3.8, 4) is 34.6 Å². The molecule has 2 aromatic carbocycles. The van der Waals surface area contributed by atoms with E-state index in [4.69, 9.17) is 9.47 Å². The second kappa shape index (κ2) is 6.87. The van der Waals surface area contributed by atoms with Gasteiger partial charge in [0.2, 0.25) is 5.75 Å². The third-order valence-corrected chi connectivity index (χ3v) is 3.39. The van der Waals surface area contributed by atoms with Crippen molar-refractivity contribution in [3.05, 3.63) is 60.2 Å². The van der Waals surface area contributed by atoms with Gasteiger partial charge in [-0.05, 0) is 29.8 Å². The van der Waals surface area contributed by atoms with Crippen molar-refractivity contribution in [1.82, 2.24) is 9.97 Å². The van der Waals surface area contributed by atoms with Gasteiger partial charge in [-0.25, -0.2) is 0 Å². The van der Waals surface area contributed by atoms with Crippen LogP contribution in [0.25, 0.3) is 11.4 Å². The summed E-state index contributed by atoms with van der Waals surface area (Å²) in [7, 11) is 1.32. The van der Waals surface area contributed by atoms with E-state index in [0.717, 1.165) is 5.56 Å². The summed E-state index contributed by atoms with van der Waals surface area (Å²) in [5, 5.41) is 19.5. The van der Waals surface area contributed by atoms with Crippen molar-refractivity contribution < 1.29 is 19.7 Å². The molecule has 122 valence electrons. The van der Waals surface area contributed by atoms with Crippen LogP contribution in [0.2, 0.25) is 0 Å². The highest BCUT2D eigenvalue weighted by atomic mass is 16.5. The summed E-state index contributed by atoms with van der Waals surface area (Å²) in [5.41, 5.74) is 1.71. The topological polar surface area (TPSA) is 84.7 Å². The van der Waals surface area contributed by atoms with Crippen molar-refractivity contribution in [2.45, 2.75) is 6.61 Å². The van der Waals surface area contributed by atoms with Gasteiger partial charge in [0.05, 0.1) is 7.11 Å². The first-order valence-corrected chi connectivity index (χ1v) is 7.28. The maximum absolute atomic E-state index is 9.74. The van der Waals surface area contributed by atoms with Gasteiger partial charge in [0, 0.05) is 5.56 Å². The molecule has 2 N–H and O–H groups in total. The Morgan fingerprint density at radius 1 is 0.875 bits per heavy atom. The van der Waals surface area contributed by atoms with Crippen LogP contribution in [-0.4, -0.2) is 27.3 Å². The molecule has 6 nitrogen and oxygen atoms in total. The molecule has 0 fully saturated rings. The van der Waals surface area contributed by atoms with Crippen LogP contribution in [0.5, 0.6) is 23.3 Å². The van der Waals surface area contributed by atoms with Gasteiger partial charge in [0.25, 0.3) is 11.8 Å². The van der Waals surface area contributed by atoms with Crippen LogP contribution in [-0.2, 0) is 6.61 Å². The normalized spacial score (nSPS) is 10.4. The number of aromatic hydroxyl groups is 2. The van der Waals surface area contributed by atoms with Crippen LogP contribution >= 0.6 is 0 Å². The van der Waals surface area contributed by atoms with E-state index in [9.17, 15) is 10.2 Å². The Hall–Kier alpha value is -3.28.